The van der Waals surface area contributed by atoms with E-state index in [4.69, 9.17) is 4.42 Å². The number of hydrogen-bond donors (Lipinski definition) is 0. The Kier molecular flexibility index (Phi) is 5.15. The van der Waals surface area contributed by atoms with E-state index in [-0.39, 0.29) is 41.8 Å². The average molecular weight is 408 g/mol. The first kappa shape index (κ1) is 19.9. The van der Waals surface area contributed by atoms with E-state index >= 15 is 0 Å². The first-order chi connectivity index (χ1) is 14.4. The predicted octanol–water partition coefficient (Wildman–Crippen LogP) is 2.06. The van der Waals surface area contributed by atoms with Gasteiger partial charge in [-0.15, -0.1) is 0 Å². The second-order valence-electron chi connectivity index (χ2n) is 7.64. The fourth-order valence-corrected chi connectivity index (χ4v) is 4.05. The minimum Gasteiger partial charge on any atom is -0.459 e. The van der Waals surface area contributed by atoms with E-state index in [0.717, 1.165) is 5.39 Å². The van der Waals surface area contributed by atoms with Gasteiger partial charge in [0.05, 0.1) is 17.3 Å². The van der Waals surface area contributed by atoms with E-state index in [2.05, 4.69) is 5.10 Å². The number of rotatable bonds is 3. The van der Waals surface area contributed by atoms with Crippen molar-refractivity contribution in [2.75, 3.05) is 13.1 Å². The summed E-state index contributed by atoms with van der Waals surface area (Å²) in [6, 6.07) is 10.2. The lowest BCUT2D eigenvalue weighted by Gasteiger charge is -2.44. The molecule has 0 saturated carbocycles. The summed E-state index contributed by atoms with van der Waals surface area (Å²) in [7, 11) is 0. The smallest absolute Gasteiger partial charge is 0.289 e. The van der Waals surface area contributed by atoms with Crippen LogP contribution in [0.5, 0.6) is 0 Å². The van der Waals surface area contributed by atoms with Crippen molar-refractivity contribution >= 4 is 22.6 Å². The summed E-state index contributed by atoms with van der Waals surface area (Å²) in [5.41, 5.74) is 0.421. The van der Waals surface area contributed by atoms with Crippen LogP contribution in [0.1, 0.15) is 30.1 Å². The number of fused-ring (bicyclic) bond motifs is 1. The minimum absolute atomic E-state index is 0.131. The zero-order valence-electron chi connectivity index (χ0n) is 17.2. The van der Waals surface area contributed by atoms with Crippen LogP contribution >= 0.6 is 0 Å². The quantitative estimate of drug-likeness (QED) is 0.662. The van der Waals surface area contributed by atoms with Crippen LogP contribution in [-0.2, 0) is 11.3 Å². The Bertz CT molecular complexity index is 1150. The highest BCUT2D eigenvalue weighted by atomic mass is 16.3. The van der Waals surface area contributed by atoms with Gasteiger partial charge in [0.1, 0.15) is 6.54 Å². The Morgan fingerprint density at radius 3 is 2.40 bits per heavy atom. The van der Waals surface area contributed by atoms with Gasteiger partial charge in [0.25, 0.3) is 11.5 Å². The maximum absolute atomic E-state index is 13.0. The Labute approximate surface area is 173 Å². The molecule has 1 aromatic carbocycles. The van der Waals surface area contributed by atoms with E-state index in [0.29, 0.717) is 24.2 Å². The molecule has 8 heteroatoms. The summed E-state index contributed by atoms with van der Waals surface area (Å²) >= 11 is 0. The first-order valence-corrected chi connectivity index (χ1v) is 9.99. The highest BCUT2D eigenvalue weighted by molar-refractivity contribution is 5.92. The van der Waals surface area contributed by atoms with Gasteiger partial charge in [-0.25, -0.2) is 4.68 Å². The average Bonchev–Trinajstić information content (AvgIpc) is 3.28. The number of hydrogen-bond acceptors (Lipinski definition) is 5. The maximum atomic E-state index is 13.0. The molecule has 8 nitrogen and oxygen atoms in total. The van der Waals surface area contributed by atoms with Crippen LogP contribution in [0.25, 0.3) is 10.8 Å². The molecule has 30 heavy (non-hydrogen) atoms. The van der Waals surface area contributed by atoms with Gasteiger partial charge < -0.3 is 14.2 Å². The van der Waals surface area contributed by atoms with Gasteiger partial charge in [-0.1, -0.05) is 18.2 Å². The molecule has 0 aliphatic carbocycles. The molecule has 0 radical (unpaired) electrons. The molecular weight excluding hydrogens is 384 g/mol. The number of amides is 2. The van der Waals surface area contributed by atoms with E-state index in [1.54, 1.807) is 34.1 Å². The third-order valence-electron chi connectivity index (χ3n) is 5.91. The second kappa shape index (κ2) is 7.78. The van der Waals surface area contributed by atoms with Crippen LogP contribution in [0, 0.1) is 6.92 Å². The predicted molar refractivity (Wildman–Crippen MR) is 111 cm³/mol. The Morgan fingerprint density at radius 2 is 1.70 bits per heavy atom. The molecule has 0 unspecified atom stereocenters. The zero-order chi connectivity index (χ0) is 21.4. The monoisotopic (exact) mass is 408 g/mol. The van der Waals surface area contributed by atoms with Crippen molar-refractivity contribution < 1.29 is 14.0 Å². The summed E-state index contributed by atoms with van der Waals surface area (Å²) in [5, 5.41) is 5.68. The molecule has 0 N–H and O–H groups in total. The van der Waals surface area contributed by atoms with Gasteiger partial charge in [-0.2, -0.15) is 5.10 Å². The SMILES string of the molecule is Cc1nn(CC(=O)N2CCN(C(=O)c3ccco3)[C@H](C)[C@H]2C)c(=O)c2ccccc12. The molecule has 2 aromatic heterocycles. The number of aromatic nitrogens is 2. The van der Waals surface area contributed by atoms with Gasteiger partial charge in [-0.3, -0.25) is 14.4 Å². The summed E-state index contributed by atoms with van der Waals surface area (Å²) in [5.74, 6) is -0.0885. The van der Waals surface area contributed by atoms with Crippen LogP contribution in [0.15, 0.2) is 51.9 Å². The van der Waals surface area contributed by atoms with Crippen molar-refractivity contribution in [2.45, 2.75) is 39.4 Å². The van der Waals surface area contributed by atoms with E-state index in [1.165, 1.54) is 10.9 Å². The standard InChI is InChI=1S/C22H24N4O4/c1-14-17-7-4-5-8-18(17)21(28)26(23-14)13-20(27)24-10-11-25(16(3)15(24)2)22(29)19-9-6-12-30-19/h4-9,12,15-16H,10-11,13H2,1-3H3/t15-,16-/m1/s1. The van der Waals surface area contributed by atoms with Crippen LogP contribution in [0.4, 0.5) is 0 Å². The normalized spacial score (nSPS) is 19.3. The van der Waals surface area contributed by atoms with Gasteiger partial charge in [0.2, 0.25) is 5.91 Å². The molecule has 3 heterocycles. The van der Waals surface area contributed by atoms with Crippen LogP contribution in [0.2, 0.25) is 0 Å². The molecule has 2 amide bonds. The molecule has 2 atom stereocenters. The molecule has 1 saturated heterocycles. The number of aryl methyl sites for hydroxylation is 1. The molecule has 3 aromatic rings. The van der Waals surface area contributed by atoms with Crippen molar-refractivity contribution in [3.8, 4) is 0 Å². The Balaban J connectivity index is 1.52. The lowest BCUT2D eigenvalue weighted by molar-refractivity contribution is -0.137. The lowest BCUT2D eigenvalue weighted by atomic mass is 10.0. The summed E-state index contributed by atoms with van der Waals surface area (Å²) in [6.45, 7) is 6.30. The van der Waals surface area contributed by atoms with Crippen molar-refractivity contribution in [1.29, 1.82) is 0 Å². The number of benzene rings is 1. The highest BCUT2D eigenvalue weighted by Gasteiger charge is 2.36. The molecule has 0 spiro atoms. The largest absolute Gasteiger partial charge is 0.459 e. The van der Waals surface area contributed by atoms with Gasteiger partial charge in [0, 0.05) is 30.6 Å². The number of carbonyl (C=O) groups is 2. The molecule has 1 fully saturated rings. The molecule has 1 aliphatic rings. The third kappa shape index (κ3) is 3.38. The maximum Gasteiger partial charge on any atom is 0.289 e. The topological polar surface area (TPSA) is 88.7 Å². The molecule has 0 bridgehead atoms. The third-order valence-corrected chi connectivity index (χ3v) is 5.91. The number of piperazine rings is 1. The zero-order valence-corrected chi connectivity index (χ0v) is 17.2. The molecule has 1 aliphatic heterocycles. The van der Waals surface area contributed by atoms with Crippen molar-refractivity contribution in [3.05, 3.63) is 64.5 Å². The van der Waals surface area contributed by atoms with Crippen LogP contribution in [0.3, 0.4) is 0 Å². The van der Waals surface area contributed by atoms with Crippen LogP contribution < -0.4 is 5.56 Å². The number of carbonyl (C=O) groups excluding carboxylic acids is 2. The fourth-order valence-electron chi connectivity index (χ4n) is 4.05. The summed E-state index contributed by atoms with van der Waals surface area (Å²) in [6.07, 6.45) is 1.47. The Hall–Kier alpha value is -3.42. The molecule has 4 rings (SSSR count). The van der Waals surface area contributed by atoms with Crippen molar-refractivity contribution in [3.63, 3.8) is 0 Å². The summed E-state index contributed by atoms with van der Waals surface area (Å²) in [4.78, 5) is 41.9. The molecular formula is C22H24N4O4. The molecule has 156 valence electrons. The van der Waals surface area contributed by atoms with Crippen molar-refractivity contribution in [2.24, 2.45) is 0 Å². The first-order valence-electron chi connectivity index (χ1n) is 9.99. The second-order valence-corrected chi connectivity index (χ2v) is 7.64. The van der Waals surface area contributed by atoms with Gasteiger partial charge in [-0.05, 0) is 39.0 Å². The van der Waals surface area contributed by atoms with Gasteiger partial charge >= 0.3 is 0 Å². The number of nitrogens with zero attached hydrogens (tertiary/aromatic N) is 4. The summed E-state index contributed by atoms with van der Waals surface area (Å²) < 4.78 is 6.46. The number of furan rings is 1. The van der Waals surface area contributed by atoms with E-state index in [9.17, 15) is 14.4 Å². The fraction of sp³-hybridized carbons (Fsp3) is 0.364. The van der Waals surface area contributed by atoms with Crippen molar-refractivity contribution in [1.82, 2.24) is 19.6 Å². The Morgan fingerprint density at radius 1 is 1.03 bits per heavy atom. The highest BCUT2D eigenvalue weighted by Crippen LogP contribution is 2.20. The minimum atomic E-state index is -0.281. The van der Waals surface area contributed by atoms with E-state index in [1.807, 2.05) is 32.9 Å². The van der Waals surface area contributed by atoms with Gasteiger partial charge in [0.15, 0.2) is 5.76 Å². The van der Waals surface area contributed by atoms with Crippen LogP contribution in [-0.4, -0.2) is 56.6 Å². The lowest BCUT2D eigenvalue weighted by Crippen LogP contribution is -2.60. The van der Waals surface area contributed by atoms with E-state index < -0.39 is 0 Å².